The van der Waals surface area contributed by atoms with Crippen LogP contribution in [0.4, 0.5) is 0 Å². The first-order chi connectivity index (χ1) is 11.6. The summed E-state index contributed by atoms with van der Waals surface area (Å²) in [7, 11) is 0. The Kier molecular flexibility index (Phi) is 5.23. The van der Waals surface area contributed by atoms with Crippen LogP contribution in [0.25, 0.3) is 11.4 Å². The number of thioether (sulfide) groups is 1. The molecule has 0 N–H and O–H groups in total. The summed E-state index contributed by atoms with van der Waals surface area (Å²) in [5.41, 5.74) is 2.27. The maximum absolute atomic E-state index is 12.5. The number of nitrogens with zero attached hydrogens (tertiary/aromatic N) is 4. The van der Waals surface area contributed by atoms with Crippen LogP contribution in [0.15, 0.2) is 29.4 Å². The lowest BCUT2D eigenvalue weighted by Gasteiger charge is -2.19. The molecule has 1 atom stereocenters. The van der Waals surface area contributed by atoms with Crippen molar-refractivity contribution in [2.45, 2.75) is 50.6 Å². The SMILES string of the molecule is CCn1c(S[C@H](C)C(=O)N2CCCC2)nnc1-c1ccccc1C. The molecule has 0 radical (unpaired) electrons. The molecule has 1 aromatic carbocycles. The number of aromatic nitrogens is 3. The largest absolute Gasteiger partial charge is 0.342 e. The van der Waals surface area contributed by atoms with Crippen molar-refractivity contribution in [1.82, 2.24) is 19.7 Å². The molecule has 3 rings (SSSR count). The van der Waals surface area contributed by atoms with Crippen molar-refractivity contribution < 1.29 is 4.79 Å². The number of carbonyl (C=O) groups is 1. The Balaban J connectivity index is 1.82. The fraction of sp³-hybridized carbons (Fsp3) is 0.500. The molecule has 1 fully saturated rings. The van der Waals surface area contributed by atoms with E-state index >= 15 is 0 Å². The van der Waals surface area contributed by atoms with Crippen molar-refractivity contribution in [3.8, 4) is 11.4 Å². The summed E-state index contributed by atoms with van der Waals surface area (Å²) in [6.45, 7) is 8.69. The van der Waals surface area contributed by atoms with Crippen LogP contribution < -0.4 is 0 Å². The average Bonchev–Trinajstić information content (AvgIpc) is 3.24. The number of benzene rings is 1. The van der Waals surface area contributed by atoms with E-state index in [9.17, 15) is 4.79 Å². The number of hydrogen-bond acceptors (Lipinski definition) is 4. The molecule has 1 amide bonds. The molecule has 5 nitrogen and oxygen atoms in total. The summed E-state index contributed by atoms with van der Waals surface area (Å²) in [5, 5.41) is 9.43. The molecule has 24 heavy (non-hydrogen) atoms. The van der Waals surface area contributed by atoms with Crippen molar-refractivity contribution in [2.75, 3.05) is 13.1 Å². The molecule has 0 aliphatic carbocycles. The molecule has 0 spiro atoms. The lowest BCUT2D eigenvalue weighted by molar-refractivity contribution is -0.129. The Morgan fingerprint density at radius 2 is 1.96 bits per heavy atom. The molecule has 0 unspecified atom stereocenters. The first kappa shape index (κ1) is 17.0. The molecule has 6 heteroatoms. The number of carbonyl (C=O) groups excluding carboxylic acids is 1. The molecule has 1 aromatic heterocycles. The molecule has 1 aliphatic heterocycles. The van der Waals surface area contributed by atoms with Gasteiger partial charge in [-0.3, -0.25) is 4.79 Å². The van der Waals surface area contributed by atoms with Crippen LogP contribution in [0.1, 0.15) is 32.3 Å². The third kappa shape index (κ3) is 3.34. The average molecular weight is 344 g/mol. The fourth-order valence-electron chi connectivity index (χ4n) is 3.09. The summed E-state index contributed by atoms with van der Waals surface area (Å²) in [6, 6.07) is 8.19. The molecule has 0 bridgehead atoms. The third-order valence-electron chi connectivity index (χ3n) is 4.47. The monoisotopic (exact) mass is 344 g/mol. The normalized spacial score (nSPS) is 15.7. The van der Waals surface area contributed by atoms with Crippen LogP contribution in [0.5, 0.6) is 0 Å². The molecule has 1 saturated heterocycles. The lowest BCUT2D eigenvalue weighted by atomic mass is 10.1. The van der Waals surface area contributed by atoms with Crippen molar-refractivity contribution in [2.24, 2.45) is 0 Å². The zero-order valence-electron chi connectivity index (χ0n) is 14.5. The number of likely N-dealkylation sites (tertiary alicyclic amines) is 1. The van der Waals surface area contributed by atoms with E-state index in [2.05, 4.69) is 40.7 Å². The van der Waals surface area contributed by atoms with Crippen molar-refractivity contribution in [3.05, 3.63) is 29.8 Å². The summed E-state index contributed by atoms with van der Waals surface area (Å²) in [6.07, 6.45) is 2.23. The van der Waals surface area contributed by atoms with Gasteiger partial charge in [0, 0.05) is 25.2 Å². The molecular weight excluding hydrogens is 320 g/mol. The maximum atomic E-state index is 12.5. The highest BCUT2D eigenvalue weighted by molar-refractivity contribution is 8.00. The molecule has 0 saturated carbocycles. The van der Waals surface area contributed by atoms with E-state index in [0.29, 0.717) is 0 Å². The van der Waals surface area contributed by atoms with E-state index in [-0.39, 0.29) is 11.2 Å². The fourth-order valence-corrected chi connectivity index (χ4v) is 4.08. The van der Waals surface area contributed by atoms with Crippen LogP contribution >= 0.6 is 11.8 Å². The minimum atomic E-state index is -0.137. The van der Waals surface area contributed by atoms with Gasteiger partial charge in [-0.2, -0.15) is 0 Å². The van der Waals surface area contributed by atoms with Crippen LogP contribution in [-0.4, -0.2) is 43.9 Å². The zero-order valence-corrected chi connectivity index (χ0v) is 15.3. The van der Waals surface area contributed by atoms with Gasteiger partial charge in [0.15, 0.2) is 11.0 Å². The van der Waals surface area contributed by atoms with Gasteiger partial charge < -0.3 is 9.47 Å². The summed E-state index contributed by atoms with van der Waals surface area (Å²) in [5.74, 6) is 1.08. The Labute approximate surface area is 147 Å². The molecule has 1 aliphatic rings. The minimum absolute atomic E-state index is 0.137. The predicted octanol–water partition coefficient (Wildman–Crippen LogP) is 3.38. The molecular formula is C18H24N4OS. The van der Waals surface area contributed by atoms with Gasteiger partial charge in [0.1, 0.15) is 0 Å². The number of aryl methyl sites for hydroxylation is 1. The van der Waals surface area contributed by atoms with E-state index in [4.69, 9.17) is 0 Å². The van der Waals surface area contributed by atoms with Gasteiger partial charge in [-0.1, -0.05) is 36.0 Å². The summed E-state index contributed by atoms with van der Waals surface area (Å²) in [4.78, 5) is 14.5. The first-order valence-electron chi connectivity index (χ1n) is 8.56. The van der Waals surface area contributed by atoms with Gasteiger partial charge in [0.25, 0.3) is 0 Å². The van der Waals surface area contributed by atoms with Gasteiger partial charge in [-0.15, -0.1) is 10.2 Å². The van der Waals surface area contributed by atoms with Gasteiger partial charge >= 0.3 is 0 Å². The quantitative estimate of drug-likeness (QED) is 0.780. The standard InChI is InChI=1S/C18H24N4OS/c1-4-22-16(15-10-6-5-9-13(15)2)19-20-18(22)24-14(3)17(23)21-11-7-8-12-21/h5-6,9-10,14H,4,7-8,11-12H2,1-3H3/t14-/m1/s1. The minimum Gasteiger partial charge on any atom is -0.342 e. The molecule has 128 valence electrons. The van der Waals surface area contributed by atoms with Crippen molar-refractivity contribution in [1.29, 1.82) is 0 Å². The van der Waals surface area contributed by atoms with Crippen LogP contribution in [0.3, 0.4) is 0 Å². The second kappa shape index (κ2) is 7.38. The second-order valence-electron chi connectivity index (χ2n) is 6.16. The van der Waals surface area contributed by atoms with E-state index in [1.54, 1.807) is 0 Å². The summed E-state index contributed by atoms with van der Waals surface area (Å²) < 4.78 is 2.10. The number of rotatable bonds is 5. The number of hydrogen-bond donors (Lipinski definition) is 0. The van der Waals surface area contributed by atoms with E-state index in [1.807, 2.05) is 24.0 Å². The second-order valence-corrected chi connectivity index (χ2v) is 7.47. The van der Waals surface area contributed by atoms with Crippen molar-refractivity contribution in [3.63, 3.8) is 0 Å². The van der Waals surface area contributed by atoms with Gasteiger partial charge in [-0.25, -0.2) is 0 Å². The van der Waals surface area contributed by atoms with Crippen LogP contribution in [0, 0.1) is 6.92 Å². The molecule has 2 aromatic rings. The summed E-state index contributed by atoms with van der Waals surface area (Å²) >= 11 is 1.51. The van der Waals surface area contributed by atoms with E-state index in [0.717, 1.165) is 49.0 Å². The lowest BCUT2D eigenvalue weighted by Crippen LogP contribution is -2.34. The van der Waals surface area contributed by atoms with Crippen LogP contribution in [0.2, 0.25) is 0 Å². The smallest absolute Gasteiger partial charge is 0.235 e. The highest BCUT2D eigenvalue weighted by atomic mass is 32.2. The van der Waals surface area contributed by atoms with Gasteiger partial charge in [0.05, 0.1) is 5.25 Å². The van der Waals surface area contributed by atoms with Crippen molar-refractivity contribution >= 4 is 17.7 Å². The number of amides is 1. The highest BCUT2D eigenvalue weighted by Crippen LogP contribution is 2.29. The Morgan fingerprint density at radius 1 is 1.25 bits per heavy atom. The van der Waals surface area contributed by atoms with Gasteiger partial charge in [-0.05, 0) is 39.2 Å². The third-order valence-corrected chi connectivity index (χ3v) is 5.53. The Hall–Kier alpha value is -1.82. The topological polar surface area (TPSA) is 51.0 Å². The molecule has 2 heterocycles. The first-order valence-corrected chi connectivity index (χ1v) is 9.44. The van der Waals surface area contributed by atoms with E-state index in [1.165, 1.54) is 17.3 Å². The Bertz CT molecular complexity index is 722. The van der Waals surface area contributed by atoms with Crippen LogP contribution in [-0.2, 0) is 11.3 Å². The van der Waals surface area contributed by atoms with E-state index < -0.39 is 0 Å². The van der Waals surface area contributed by atoms with Gasteiger partial charge in [0.2, 0.25) is 5.91 Å². The highest BCUT2D eigenvalue weighted by Gasteiger charge is 2.26. The zero-order chi connectivity index (χ0) is 17.1. The Morgan fingerprint density at radius 3 is 2.62 bits per heavy atom. The maximum Gasteiger partial charge on any atom is 0.235 e. The predicted molar refractivity (Wildman–Crippen MR) is 97.0 cm³/mol.